The van der Waals surface area contributed by atoms with Crippen molar-refractivity contribution in [3.8, 4) is 11.3 Å². The molecule has 0 saturated carbocycles. The predicted molar refractivity (Wildman–Crippen MR) is 74.0 cm³/mol. The predicted octanol–water partition coefficient (Wildman–Crippen LogP) is 4.13. The van der Waals surface area contributed by atoms with Crippen molar-refractivity contribution in [2.45, 2.75) is 20.4 Å². The van der Waals surface area contributed by atoms with Crippen molar-refractivity contribution in [1.82, 2.24) is 5.32 Å². The molecule has 2 rings (SSSR count). The van der Waals surface area contributed by atoms with Gasteiger partial charge in [0.05, 0.1) is 6.54 Å². The summed E-state index contributed by atoms with van der Waals surface area (Å²) in [6.45, 7) is 5.91. The zero-order valence-electron chi connectivity index (χ0n) is 10.1. The molecule has 0 unspecified atom stereocenters. The molecule has 0 fully saturated rings. The molecule has 0 atom stereocenters. The Hall–Kier alpha value is -1.06. The molecule has 2 aromatic rings. The Morgan fingerprint density at radius 3 is 2.76 bits per heavy atom. The van der Waals surface area contributed by atoms with E-state index in [1.807, 2.05) is 18.2 Å². The summed E-state index contributed by atoms with van der Waals surface area (Å²) >= 11 is 3.47. The normalized spacial score (nSPS) is 10.8. The summed E-state index contributed by atoms with van der Waals surface area (Å²) in [7, 11) is 0. The van der Waals surface area contributed by atoms with Gasteiger partial charge in [0.1, 0.15) is 11.5 Å². The lowest BCUT2D eigenvalue weighted by Gasteiger charge is -2.03. The lowest BCUT2D eigenvalue weighted by Crippen LogP contribution is -2.10. The van der Waals surface area contributed by atoms with Crippen LogP contribution >= 0.6 is 15.9 Å². The number of nitrogens with one attached hydrogen (secondary N) is 1. The molecular weight excluding hydrogens is 278 g/mol. The van der Waals surface area contributed by atoms with E-state index in [4.69, 9.17) is 4.42 Å². The Bertz CT molecular complexity index is 505. The molecule has 0 aliphatic heterocycles. The number of furan rings is 1. The highest BCUT2D eigenvalue weighted by Crippen LogP contribution is 2.27. The number of aryl methyl sites for hydroxylation is 1. The van der Waals surface area contributed by atoms with Crippen LogP contribution in [-0.2, 0) is 6.54 Å². The quantitative estimate of drug-likeness (QED) is 0.917. The second-order valence-corrected chi connectivity index (χ2v) is 4.92. The zero-order chi connectivity index (χ0) is 12.3. The van der Waals surface area contributed by atoms with Crippen molar-refractivity contribution >= 4 is 15.9 Å². The standard InChI is InChI=1S/C14H16BrNO/c1-3-16-9-12-5-7-14(17-12)13-6-4-11(15)8-10(13)2/h4-8,16H,3,9H2,1-2H3. The Kier molecular flexibility index (Phi) is 4.02. The topological polar surface area (TPSA) is 25.2 Å². The molecule has 2 nitrogen and oxygen atoms in total. The van der Waals surface area contributed by atoms with E-state index in [0.29, 0.717) is 0 Å². The van der Waals surface area contributed by atoms with Crippen LogP contribution in [0.15, 0.2) is 39.2 Å². The van der Waals surface area contributed by atoms with Crippen LogP contribution in [0.4, 0.5) is 0 Å². The van der Waals surface area contributed by atoms with Crippen molar-refractivity contribution < 1.29 is 4.42 Å². The molecule has 0 bridgehead atoms. The van der Waals surface area contributed by atoms with Crippen molar-refractivity contribution in [2.75, 3.05) is 6.54 Å². The third-order valence-electron chi connectivity index (χ3n) is 2.66. The molecule has 0 amide bonds. The summed E-state index contributed by atoms with van der Waals surface area (Å²) in [6.07, 6.45) is 0. The molecule has 1 aromatic heterocycles. The third-order valence-corrected chi connectivity index (χ3v) is 3.16. The van der Waals surface area contributed by atoms with Gasteiger partial charge in [-0.05, 0) is 49.4 Å². The van der Waals surface area contributed by atoms with Gasteiger partial charge >= 0.3 is 0 Å². The summed E-state index contributed by atoms with van der Waals surface area (Å²) in [5, 5.41) is 3.25. The smallest absolute Gasteiger partial charge is 0.134 e. The van der Waals surface area contributed by atoms with Crippen LogP contribution in [0, 0.1) is 6.92 Å². The van der Waals surface area contributed by atoms with E-state index in [9.17, 15) is 0 Å². The number of rotatable bonds is 4. The van der Waals surface area contributed by atoms with E-state index in [1.54, 1.807) is 0 Å². The fourth-order valence-corrected chi connectivity index (χ4v) is 2.24. The molecule has 1 N–H and O–H groups in total. The maximum atomic E-state index is 5.81. The van der Waals surface area contributed by atoms with Crippen molar-refractivity contribution in [3.05, 3.63) is 46.1 Å². The Morgan fingerprint density at radius 2 is 2.06 bits per heavy atom. The second-order valence-electron chi connectivity index (χ2n) is 4.01. The molecular formula is C14H16BrNO. The van der Waals surface area contributed by atoms with E-state index in [1.165, 1.54) is 5.56 Å². The first-order valence-corrected chi connectivity index (χ1v) is 6.56. The summed E-state index contributed by atoms with van der Waals surface area (Å²) in [4.78, 5) is 0. The Labute approximate surface area is 110 Å². The number of hydrogen-bond donors (Lipinski definition) is 1. The van der Waals surface area contributed by atoms with Crippen LogP contribution < -0.4 is 5.32 Å². The zero-order valence-corrected chi connectivity index (χ0v) is 11.7. The summed E-state index contributed by atoms with van der Waals surface area (Å²) in [5.41, 5.74) is 2.36. The third kappa shape index (κ3) is 2.99. The SMILES string of the molecule is CCNCc1ccc(-c2ccc(Br)cc2C)o1. The minimum absolute atomic E-state index is 0.784. The molecule has 0 radical (unpaired) electrons. The van der Waals surface area contributed by atoms with E-state index in [2.05, 4.69) is 47.2 Å². The summed E-state index contributed by atoms with van der Waals surface area (Å²) in [5.74, 6) is 1.91. The lowest BCUT2D eigenvalue weighted by molar-refractivity contribution is 0.498. The fraction of sp³-hybridized carbons (Fsp3) is 0.286. The first kappa shape index (κ1) is 12.4. The summed E-state index contributed by atoms with van der Waals surface area (Å²) in [6, 6.07) is 10.3. The van der Waals surface area contributed by atoms with Gasteiger partial charge in [-0.1, -0.05) is 22.9 Å². The molecule has 0 aliphatic carbocycles. The summed E-state index contributed by atoms with van der Waals surface area (Å²) < 4.78 is 6.91. The first-order chi connectivity index (χ1) is 8.20. The molecule has 0 saturated heterocycles. The highest BCUT2D eigenvalue weighted by Gasteiger charge is 2.07. The van der Waals surface area contributed by atoms with Crippen molar-refractivity contribution in [2.24, 2.45) is 0 Å². The van der Waals surface area contributed by atoms with E-state index in [0.717, 1.165) is 34.6 Å². The minimum atomic E-state index is 0.784. The van der Waals surface area contributed by atoms with E-state index >= 15 is 0 Å². The highest BCUT2D eigenvalue weighted by atomic mass is 79.9. The average Bonchev–Trinajstić information content (AvgIpc) is 2.75. The molecule has 0 aliphatic rings. The maximum Gasteiger partial charge on any atom is 0.134 e. The van der Waals surface area contributed by atoms with Gasteiger partial charge < -0.3 is 9.73 Å². The molecule has 1 heterocycles. The Morgan fingerprint density at radius 1 is 1.24 bits per heavy atom. The average molecular weight is 294 g/mol. The molecule has 90 valence electrons. The molecule has 1 aromatic carbocycles. The van der Waals surface area contributed by atoms with Crippen molar-refractivity contribution in [1.29, 1.82) is 0 Å². The number of hydrogen-bond acceptors (Lipinski definition) is 2. The lowest BCUT2D eigenvalue weighted by atomic mass is 10.1. The van der Waals surface area contributed by atoms with Gasteiger partial charge in [-0.15, -0.1) is 0 Å². The second kappa shape index (κ2) is 5.52. The Balaban J connectivity index is 2.24. The minimum Gasteiger partial charge on any atom is -0.460 e. The van der Waals surface area contributed by atoms with Gasteiger partial charge in [0.2, 0.25) is 0 Å². The molecule has 3 heteroatoms. The van der Waals surface area contributed by atoms with Crippen LogP contribution in [0.3, 0.4) is 0 Å². The van der Waals surface area contributed by atoms with Gasteiger partial charge in [0, 0.05) is 10.0 Å². The van der Waals surface area contributed by atoms with Gasteiger partial charge in [-0.2, -0.15) is 0 Å². The van der Waals surface area contributed by atoms with Crippen LogP contribution in [-0.4, -0.2) is 6.54 Å². The molecule has 17 heavy (non-hydrogen) atoms. The largest absolute Gasteiger partial charge is 0.460 e. The van der Waals surface area contributed by atoms with Gasteiger partial charge in [-0.3, -0.25) is 0 Å². The van der Waals surface area contributed by atoms with Crippen LogP contribution in [0.5, 0.6) is 0 Å². The highest BCUT2D eigenvalue weighted by molar-refractivity contribution is 9.10. The van der Waals surface area contributed by atoms with Gasteiger partial charge in [0.25, 0.3) is 0 Å². The fourth-order valence-electron chi connectivity index (χ4n) is 1.77. The van der Waals surface area contributed by atoms with Crippen LogP contribution in [0.1, 0.15) is 18.2 Å². The van der Waals surface area contributed by atoms with Gasteiger partial charge in [0.15, 0.2) is 0 Å². The van der Waals surface area contributed by atoms with Crippen molar-refractivity contribution in [3.63, 3.8) is 0 Å². The first-order valence-electron chi connectivity index (χ1n) is 5.76. The van der Waals surface area contributed by atoms with Gasteiger partial charge in [-0.25, -0.2) is 0 Å². The number of benzene rings is 1. The molecule has 0 spiro atoms. The number of halogens is 1. The van der Waals surface area contributed by atoms with Crippen LogP contribution in [0.25, 0.3) is 11.3 Å². The van der Waals surface area contributed by atoms with E-state index < -0.39 is 0 Å². The van der Waals surface area contributed by atoms with E-state index in [-0.39, 0.29) is 0 Å². The van der Waals surface area contributed by atoms with Crippen LogP contribution in [0.2, 0.25) is 0 Å². The monoisotopic (exact) mass is 293 g/mol. The maximum absolute atomic E-state index is 5.81.